The Labute approximate surface area is 170 Å². The van der Waals surface area contributed by atoms with Crippen molar-refractivity contribution >= 4 is 23.6 Å². The molecule has 1 aliphatic heterocycles. The summed E-state index contributed by atoms with van der Waals surface area (Å²) < 4.78 is 7.48. The third kappa shape index (κ3) is 4.86. The fourth-order valence-corrected chi connectivity index (χ4v) is 4.00. The lowest BCUT2D eigenvalue weighted by molar-refractivity contribution is -0.119. The Morgan fingerprint density at radius 1 is 1.25 bits per heavy atom. The third-order valence-electron chi connectivity index (χ3n) is 5.05. The molecule has 2 aromatic rings. The minimum atomic E-state index is -0.0274. The number of aryl methyl sites for hydroxylation is 2. The molecule has 1 N–H and O–H groups in total. The summed E-state index contributed by atoms with van der Waals surface area (Å²) in [7, 11) is 0. The van der Waals surface area contributed by atoms with Crippen LogP contribution in [0.25, 0.3) is 0 Å². The molecule has 1 saturated heterocycles. The Bertz CT molecular complexity index is 817. The summed E-state index contributed by atoms with van der Waals surface area (Å²) in [5.41, 5.74) is 3.61. The number of benzene rings is 1. The van der Waals surface area contributed by atoms with Gasteiger partial charge in [-0.2, -0.15) is 0 Å². The van der Waals surface area contributed by atoms with E-state index in [-0.39, 0.29) is 11.9 Å². The van der Waals surface area contributed by atoms with Gasteiger partial charge in [0.15, 0.2) is 5.16 Å². The highest BCUT2D eigenvalue weighted by atomic mass is 32.2. The smallest absolute Gasteiger partial charge is 0.230 e. The van der Waals surface area contributed by atoms with Crippen LogP contribution in [0.3, 0.4) is 0 Å². The summed E-state index contributed by atoms with van der Waals surface area (Å²) in [6.45, 7) is 12.1. The van der Waals surface area contributed by atoms with Crippen molar-refractivity contribution in [3.05, 3.63) is 34.9 Å². The number of aromatic nitrogens is 3. The molecule has 28 heavy (non-hydrogen) atoms. The van der Waals surface area contributed by atoms with Gasteiger partial charge in [0.05, 0.1) is 25.0 Å². The van der Waals surface area contributed by atoms with E-state index < -0.39 is 0 Å². The zero-order valence-corrected chi connectivity index (χ0v) is 17.9. The molecule has 0 saturated carbocycles. The highest BCUT2D eigenvalue weighted by Gasteiger charge is 2.20. The SMILES string of the molecule is CCn1c(SCC(=O)N[C@H](C)c2ccc(C)c(C)c2)nnc1N1CCOCC1. The molecule has 1 atom stereocenters. The zero-order valence-electron chi connectivity index (χ0n) is 17.1. The fraction of sp³-hybridized carbons (Fsp3) is 0.550. The molecule has 0 aliphatic carbocycles. The number of carbonyl (C=O) groups excluding carboxylic acids is 1. The average molecular weight is 404 g/mol. The average Bonchev–Trinajstić information content (AvgIpc) is 3.12. The molecule has 0 unspecified atom stereocenters. The standard InChI is InChI=1S/C20H29N5O2S/c1-5-25-19(24-8-10-27-11-9-24)22-23-20(25)28-13-18(26)21-16(4)17-7-6-14(2)15(3)12-17/h6-7,12,16H,5,8-11,13H2,1-4H3,(H,21,26)/t16-/m1/s1. The van der Waals surface area contributed by atoms with E-state index in [9.17, 15) is 4.79 Å². The number of hydrogen-bond donors (Lipinski definition) is 1. The van der Waals surface area contributed by atoms with Crippen LogP contribution in [0, 0.1) is 13.8 Å². The summed E-state index contributed by atoms with van der Waals surface area (Å²) >= 11 is 1.43. The maximum atomic E-state index is 12.4. The first-order chi connectivity index (χ1) is 13.5. The normalized spacial score (nSPS) is 15.5. The maximum Gasteiger partial charge on any atom is 0.230 e. The van der Waals surface area contributed by atoms with E-state index in [0.717, 1.165) is 36.3 Å². The van der Waals surface area contributed by atoms with E-state index in [1.165, 1.54) is 22.9 Å². The Morgan fingerprint density at radius 2 is 2.00 bits per heavy atom. The van der Waals surface area contributed by atoms with Gasteiger partial charge in [0.25, 0.3) is 0 Å². The first-order valence-electron chi connectivity index (χ1n) is 9.74. The van der Waals surface area contributed by atoms with Crippen LogP contribution in [0.1, 0.15) is 36.6 Å². The number of morpholine rings is 1. The molecule has 1 amide bonds. The number of hydrogen-bond acceptors (Lipinski definition) is 6. The van der Waals surface area contributed by atoms with Gasteiger partial charge in [-0.3, -0.25) is 9.36 Å². The predicted molar refractivity (Wildman–Crippen MR) is 112 cm³/mol. The lowest BCUT2D eigenvalue weighted by Gasteiger charge is -2.27. The lowest BCUT2D eigenvalue weighted by Crippen LogP contribution is -2.38. The van der Waals surface area contributed by atoms with Crippen LogP contribution in [-0.4, -0.2) is 52.7 Å². The molecule has 2 heterocycles. The van der Waals surface area contributed by atoms with Crippen molar-refractivity contribution in [3.8, 4) is 0 Å². The first-order valence-corrected chi connectivity index (χ1v) is 10.7. The van der Waals surface area contributed by atoms with Gasteiger partial charge < -0.3 is 15.0 Å². The number of nitrogens with zero attached hydrogens (tertiary/aromatic N) is 4. The van der Waals surface area contributed by atoms with E-state index in [2.05, 4.69) is 64.0 Å². The van der Waals surface area contributed by atoms with Crippen molar-refractivity contribution in [3.63, 3.8) is 0 Å². The molecule has 1 fully saturated rings. The van der Waals surface area contributed by atoms with Crippen molar-refractivity contribution in [1.29, 1.82) is 0 Å². The van der Waals surface area contributed by atoms with Crippen LogP contribution in [0.5, 0.6) is 0 Å². The molecule has 3 rings (SSSR count). The highest BCUT2D eigenvalue weighted by Crippen LogP contribution is 2.23. The van der Waals surface area contributed by atoms with Crippen LogP contribution in [0.4, 0.5) is 5.95 Å². The van der Waals surface area contributed by atoms with Gasteiger partial charge in [0, 0.05) is 19.6 Å². The van der Waals surface area contributed by atoms with Gasteiger partial charge in [0.1, 0.15) is 0 Å². The summed E-state index contributed by atoms with van der Waals surface area (Å²) in [5.74, 6) is 1.17. The van der Waals surface area contributed by atoms with E-state index in [0.29, 0.717) is 19.0 Å². The van der Waals surface area contributed by atoms with Gasteiger partial charge in [-0.25, -0.2) is 0 Å². The van der Waals surface area contributed by atoms with Crippen molar-refractivity contribution in [2.75, 3.05) is 37.0 Å². The summed E-state index contributed by atoms with van der Waals surface area (Å²) in [4.78, 5) is 14.6. The molecule has 0 radical (unpaired) electrons. The highest BCUT2D eigenvalue weighted by molar-refractivity contribution is 7.99. The number of ether oxygens (including phenoxy) is 1. The molecule has 1 aromatic heterocycles. The van der Waals surface area contributed by atoms with Crippen LogP contribution in [0.15, 0.2) is 23.4 Å². The summed E-state index contributed by atoms with van der Waals surface area (Å²) in [6, 6.07) is 6.28. The van der Waals surface area contributed by atoms with Crippen molar-refractivity contribution < 1.29 is 9.53 Å². The summed E-state index contributed by atoms with van der Waals surface area (Å²) in [6.07, 6.45) is 0. The third-order valence-corrected chi connectivity index (χ3v) is 6.02. The number of nitrogens with one attached hydrogen (secondary N) is 1. The van der Waals surface area contributed by atoms with Crippen LogP contribution in [-0.2, 0) is 16.1 Å². The van der Waals surface area contributed by atoms with Crippen LogP contribution < -0.4 is 10.2 Å². The van der Waals surface area contributed by atoms with Gasteiger partial charge in [0.2, 0.25) is 11.9 Å². The van der Waals surface area contributed by atoms with Crippen molar-refractivity contribution in [2.45, 2.75) is 45.4 Å². The Hall–Kier alpha value is -2.06. The molecule has 0 spiro atoms. The monoisotopic (exact) mass is 403 g/mol. The number of amides is 1. The maximum absolute atomic E-state index is 12.4. The van der Waals surface area contributed by atoms with Gasteiger partial charge >= 0.3 is 0 Å². The molecular formula is C20H29N5O2S. The second-order valence-electron chi connectivity index (χ2n) is 7.05. The van der Waals surface area contributed by atoms with Gasteiger partial charge in [-0.1, -0.05) is 30.0 Å². The second-order valence-corrected chi connectivity index (χ2v) is 7.99. The Balaban J connectivity index is 1.58. The van der Waals surface area contributed by atoms with Crippen molar-refractivity contribution in [1.82, 2.24) is 20.1 Å². The van der Waals surface area contributed by atoms with E-state index >= 15 is 0 Å². The van der Waals surface area contributed by atoms with E-state index in [1.54, 1.807) is 0 Å². The first kappa shape index (κ1) is 20.7. The topological polar surface area (TPSA) is 72.3 Å². The van der Waals surface area contributed by atoms with Crippen LogP contribution in [0.2, 0.25) is 0 Å². The summed E-state index contributed by atoms with van der Waals surface area (Å²) in [5, 5.41) is 12.5. The van der Waals surface area contributed by atoms with Gasteiger partial charge in [-0.05, 0) is 44.4 Å². The molecule has 0 bridgehead atoms. The molecule has 1 aromatic carbocycles. The Kier molecular flexibility index (Phi) is 6.96. The molecule has 8 heteroatoms. The second kappa shape index (κ2) is 9.43. The Morgan fingerprint density at radius 3 is 2.68 bits per heavy atom. The lowest BCUT2D eigenvalue weighted by atomic mass is 10.0. The number of anilines is 1. The van der Waals surface area contributed by atoms with Crippen LogP contribution >= 0.6 is 11.8 Å². The molecule has 152 valence electrons. The predicted octanol–water partition coefficient (Wildman–Crippen LogP) is 2.72. The van der Waals surface area contributed by atoms with Gasteiger partial charge in [-0.15, -0.1) is 10.2 Å². The molecule has 7 nitrogen and oxygen atoms in total. The minimum Gasteiger partial charge on any atom is -0.378 e. The van der Waals surface area contributed by atoms with E-state index in [1.807, 2.05) is 6.92 Å². The molecular weight excluding hydrogens is 374 g/mol. The largest absolute Gasteiger partial charge is 0.378 e. The van der Waals surface area contributed by atoms with Crippen molar-refractivity contribution in [2.24, 2.45) is 0 Å². The minimum absolute atomic E-state index is 0.00527. The quantitative estimate of drug-likeness (QED) is 0.717. The van der Waals surface area contributed by atoms with E-state index in [4.69, 9.17) is 4.74 Å². The molecule has 1 aliphatic rings. The number of carbonyl (C=O) groups is 1. The number of rotatable bonds is 7. The number of thioether (sulfide) groups is 1. The fourth-order valence-electron chi connectivity index (χ4n) is 3.19. The zero-order chi connectivity index (χ0) is 20.1.